The van der Waals surface area contributed by atoms with E-state index in [1.54, 1.807) is 12.1 Å². The molecule has 4 aromatic carbocycles. The van der Waals surface area contributed by atoms with Gasteiger partial charge in [-0.25, -0.2) is 0 Å². The van der Waals surface area contributed by atoms with Gasteiger partial charge in [-0.15, -0.1) is 0 Å². The van der Waals surface area contributed by atoms with Crippen molar-refractivity contribution >= 4 is 52.2 Å². The Balaban J connectivity index is 0.000000162. The molecule has 0 amide bonds. The molecule has 1 heterocycles. The van der Waals surface area contributed by atoms with Gasteiger partial charge in [0.05, 0.1) is 0 Å². The summed E-state index contributed by atoms with van der Waals surface area (Å²) >= 11 is 24.5. The molecule has 43 heavy (non-hydrogen) atoms. The maximum absolute atomic E-state index is 12.5. The van der Waals surface area contributed by atoms with Gasteiger partial charge in [0.25, 0.3) is 0 Å². The minimum atomic E-state index is -0.975. The molecule has 7 rings (SSSR count). The summed E-state index contributed by atoms with van der Waals surface area (Å²) in [4.78, 5) is 14.8. The first-order valence-corrected chi connectivity index (χ1v) is 16.2. The molecule has 3 aliphatic rings. The van der Waals surface area contributed by atoms with Gasteiger partial charge in [0.2, 0.25) is 0 Å². The number of carbonyl (C=O) groups is 1. The van der Waals surface area contributed by atoms with Crippen LogP contribution in [0.2, 0.25) is 20.1 Å². The number of likely N-dealkylation sites (tertiary alicyclic amines) is 1. The van der Waals surface area contributed by atoms with E-state index in [0.29, 0.717) is 10.0 Å². The van der Waals surface area contributed by atoms with E-state index in [-0.39, 0.29) is 11.7 Å². The van der Waals surface area contributed by atoms with Crippen LogP contribution in [-0.4, -0.2) is 35.9 Å². The number of benzene rings is 4. The highest BCUT2D eigenvalue weighted by Crippen LogP contribution is 2.47. The Morgan fingerprint density at radius 1 is 0.628 bits per heavy atom. The molecular formula is C36H33Cl4NO2. The lowest BCUT2D eigenvalue weighted by atomic mass is 9.70. The number of hydrogen-bond donors (Lipinski definition) is 1. The standard InChI is InChI=1S/C21H23Cl2NO.C15H10Cl2O/c1-24-10-8-16(9-11-24)21(25)19-6-4-17(22)12-14(19)2-3-15-13-18(23)5-7-20(15)21;16-11-3-5-13-9(7-11)1-2-10-8-12(17)4-6-14(10)15(13)18/h4-7,12-13,16,25H,2-3,8-11H2,1H3;3-8H,1-2H2. The zero-order valence-electron chi connectivity index (χ0n) is 24.0. The summed E-state index contributed by atoms with van der Waals surface area (Å²) < 4.78 is 0. The summed E-state index contributed by atoms with van der Waals surface area (Å²) in [5.41, 5.74) is 6.90. The Kier molecular flexibility index (Phi) is 8.95. The summed E-state index contributed by atoms with van der Waals surface area (Å²) in [7, 11) is 2.15. The molecule has 0 atom stereocenters. The minimum absolute atomic E-state index is 0.0610. The molecular weight excluding hydrogens is 620 g/mol. The molecule has 4 aromatic rings. The van der Waals surface area contributed by atoms with E-state index < -0.39 is 5.60 Å². The molecule has 1 saturated heterocycles. The molecule has 1 N–H and O–H groups in total. The number of aliphatic hydroxyl groups is 1. The number of aryl methyl sites for hydroxylation is 4. The highest BCUT2D eigenvalue weighted by molar-refractivity contribution is 6.32. The quantitative estimate of drug-likeness (QED) is 0.223. The van der Waals surface area contributed by atoms with Gasteiger partial charge in [0.1, 0.15) is 5.60 Å². The summed E-state index contributed by atoms with van der Waals surface area (Å²) in [6, 6.07) is 22.8. The van der Waals surface area contributed by atoms with Crippen molar-refractivity contribution in [2.75, 3.05) is 20.1 Å². The van der Waals surface area contributed by atoms with Crippen LogP contribution in [0.4, 0.5) is 0 Å². The van der Waals surface area contributed by atoms with Crippen molar-refractivity contribution in [2.24, 2.45) is 5.92 Å². The molecule has 0 radical (unpaired) electrons. The van der Waals surface area contributed by atoms with E-state index in [2.05, 4.69) is 11.9 Å². The first kappa shape index (κ1) is 30.6. The van der Waals surface area contributed by atoms with E-state index in [1.807, 2.05) is 60.7 Å². The second-order valence-corrected chi connectivity index (χ2v) is 13.6. The van der Waals surface area contributed by atoms with Gasteiger partial charge >= 0.3 is 0 Å². The third kappa shape index (κ3) is 6.14. The predicted octanol–water partition coefficient (Wildman–Crippen LogP) is 8.99. The zero-order chi connectivity index (χ0) is 30.3. The Morgan fingerprint density at radius 3 is 1.44 bits per heavy atom. The lowest BCUT2D eigenvalue weighted by Crippen LogP contribution is -2.43. The number of carbonyl (C=O) groups excluding carboxylic acids is 1. The normalized spacial score (nSPS) is 17.8. The first-order chi connectivity index (χ1) is 20.6. The Labute approximate surface area is 273 Å². The van der Waals surface area contributed by atoms with Crippen LogP contribution in [0, 0.1) is 5.92 Å². The van der Waals surface area contributed by atoms with Gasteiger partial charge in [-0.2, -0.15) is 0 Å². The molecule has 222 valence electrons. The Hall–Kier alpha value is -2.37. The molecule has 3 nitrogen and oxygen atoms in total. The smallest absolute Gasteiger partial charge is 0.193 e. The van der Waals surface area contributed by atoms with Gasteiger partial charge in [-0.05, 0) is 159 Å². The fourth-order valence-corrected chi connectivity index (χ4v) is 7.74. The second kappa shape index (κ2) is 12.6. The van der Waals surface area contributed by atoms with Gasteiger partial charge in [0, 0.05) is 31.2 Å². The summed E-state index contributed by atoms with van der Waals surface area (Å²) in [5.74, 6) is 0.257. The summed E-state index contributed by atoms with van der Waals surface area (Å²) in [5, 5.41) is 14.9. The maximum atomic E-state index is 12.5. The Morgan fingerprint density at radius 2 is 1.00 bits per heavy atom. The van der Waals surface area contributed by atoms with Crippen molar-refractivity contribution in [3.63, 3.8) is 0 Å². The van der Waals surface area contributed by atoms with Crippen molar-refractivity contribution in [3.05, 3.63) is 137 Å². The fraction of sp³-hybridized carbons (Fsp3) is 0.306. The van der Waals surface area contributed by atoms with Crippen LogP contribution >= 0.6 is 46.4 Å². The summed E-state index contributed by atoms with van der Waals surface area (Å²) in [6.07, 6.45) is 5.34. The van der Waals surface area contributed by atoms with E-state index in [9.17, 15) is 9.90 Å². The number of rotatable bonds is 1. The van der Waals surface area contributed by atoms with E-state index in [0.717, 1.165) is 106 Å². The van der Waals surface area contributed by atoms with Crippen LogP contribution in [0.15, 0.2) is 72.8 Å². The van der Waals surface area contributed by atoms with Gasteiger partial charge in [-0.1, -0.05) is 58.5 Å². The molecule has 2 aliphatic carbocycles. The molecule has 7 heteroatoms. The highest BCUT2D eigenvalue weighted by atomic mass is 35.5. The van der Waals surface area contributed by atoms with Crippen LogP contribution in [-0.2, 0) is 31.3 Å². The minimum Gasteiger partial charge on any atom is -0.380 e. The molecule has 0 spiro atoms. The predicted molar refractivity (Wildman–Crippen MR) is 177 cm³/mol. The molecule has 0 saturated carbocycles. The van der Waals surface area contributed by atoms with Crippen LogP contribution < -0.4 is 0 Å². The third-order valence-corrected chi connectivity index (χ3v) is 10.2. The van der Waals surface area contributed by atoms with Gasteiger partial charge in [0.15, 0.2) is 5.78 Å². The topological polar surface area (TPSA) is 40.5 Å². The van der Waals surface area contributed by atoms with Crippen molar-refractivity contribution in [1.82, 2.24) is 4.90 Å². The molecule has 1 fully saturated rings. The van der Waals surface area contributed by atoms with Crippen LogP contribution in [0.5, 0.6) is 0 Å². The summed E-state index contributed by atoms with van der Waals surface area (Å²) in [6.45, 7) is 2.03. The SMILES string of the molecule is CN1CCC(C2(O)c3ccc(Cl)cc3CCc3cc(Cl)ccc32)CC1.O=C1c2ccc(Cl)cc2CCc2cc(Cl)ccc21. The Bertz CT molecular complexity index is 1580. The van der Waals surface area contributed by atoms with Gasteiger partial charge < -0.3 is 10.0 Å². The largest absolute Gasteiger partial charge is 0.380 e. The number of ketones is 1. The maximum Gasteiger partial charge on any atom is 0.193 e. The molecule has 1 aliphatic heterocycles. The molecule has 0 aromatic heterocycles. The van der Waals surface area contributed by atoms with Gasteiger partial charge in [-0.3, -0.25) is 4.79 Å². The number of fused-ring (bicyclic) bond motifs is 4. The van der Waals surface area contributed by atoms with E-state index >= 15 is 0 Å². The van der Waals surface area contributed by atoms with Crippen LogP contribution in [0.25, 0.3) is 0 Å². The van der Waals surface area contributed by atoms with E-state index in [1.165, 1.54) is 0 Å². The van der Waals surface area contributed by atoms with Crippen LogP contribution in [0.3, 0.4) is 0 Å². The number of piperidine rings is 1. The van der Waals surface area contributed by atoms with Crippen molar-refractivity contribution < 1.29 is 9.90 Å². The third-order valence-electron chi connectivity index (χ3n) is 9.22. The number of halogens is 4. The number of nitrogens with zero attached hydrogens (tertiary/aromatic N) is 1. The zero-order valence-corrected chi connectivity index (χ0v) is 27.0. The van der Waals surface area contributed by atoms with Crippen molar-refractivity contribution in [1.29, 1.82) is 0 Å². The second-order valence-electron chi connectivity index (χ2n) is 11.9. The van der Waals surface area contributed by atoms with Crippen molar-refractivity contribution in [3.8, 4) is 0 Å². The fourth-order valence-electron chi connectivity index (χ4n) is 6.96. The van der Waals surface area contributed by atoms with Crippen LogP contribution in [0.1, 0.15) is 62.1 Å². The molecule has 0 unspecified atom stereocenters. The average Bonchev–Trinajstić information content (AvgIpc) is 3.19. The van der Waals surface area contributed by atoms with Crippen molar-refractivity contribution in [2.45, 2.75) is 44.1 Å². The average molecular weight is 653 g/mol. The first-order valence-electron chi connectivity index (χ1n) is 14.7. The monoisotopic (exact) mass is 651 g/mol. The van der Waals surface area contributed by atoms with E-state index in [4.69, 9.17) is 46.4 Å². The highest BCUT2D eigenvalue weighted by Gasteiger charge is 2.44. The molecule has 0 bridgehead atoms. The number of hydrogen-bond acceptors (Lipinski definition) is 3. The lowest BCUT2D eigenvalue weighted by Gasteiger charge is -2.42. The lowest BCUT2D eigenvalue weighted by molar-refractivity contribution is -0.0113.